The highest BCUT2D eigenvalue weighted by molar-refractivity contribution is 6.33. The quantitative estimate of drug-likeness (QED) is 0.919. The molecule has 4 nitrogen and oxygen atoms in total. The number of halogens is 2. The summed E-state index contributed by atoms with van der Waals surface area (Å²) in [6, 6.07) is 4.19. The molecule has 1 aromatic carbocycles. The van der Waals surface area contributed by atoms with E-state index in [0.717, 1.165) is 25.1 Å². The molecule has 0 aliphatic carbocycles. The molecule has 0 saturated carbocycles. The summed E-state index contributed by atoms with van der Waals surface area (Å²) in [4.78, 5) is 0. The second-order valence-electron chi connectivity index (χ2n) is 4.85. The molecule has 1 saturated heterocycles. The number of anilines is 1. The minimum absolute atomic E-state index is 0.126. The van der Waals surface area contributed by atoms with Crippen LogP contribution in [0.15, 0.2) is 22.7 Å². The Kier molecular flexibility index (Phi) is 3.63. The molecule has 1 aromatic heterocycles. The molecule has 6 heteroatoms. The van der Waals surface area contributed by atoms with E-state index < -0.39 is 5.82 Å². The van der Waals surface area contributed by atoms with Gasteiger partial charge in [-0.05, 0) is 31.0 Å². The first kappa shape index (κ1) is 13.4. The van der Waals surface area contributed by atoms with E-state index in [-0.39, 0.29) is 16.8 Å². The highest BCUT2D eigenvalue weighted by atomic mass is 35.5. The van der Waals surface area contributed by atoms with Crippen molar-refractivity contribution in [3.8, 4) is 11.1 Å². The van der Waals surface area contributed by atoms with Gasteiger partial charge in [0.25, 0.3) is 0 Å². The fourth-order valence-corrected chi connectivity index (χ4v) is 2.78. The summed E-state index contributed by atoms with van der Waals surface area (Å²) >= 11 is 6.11. The summed E-state index contributed by atoms with van der Waals surface area (Å²) in [5.41, 5.74) is 7.87. The van der Waals surface area contributed by atoms with E-state index in [1.54, 1.807) is 6.07 Å². The van der Waals surface area contributed by atoms with Crippen molar-refractivity contribution in [3.63, 3.8) is 0 Å². The number of rotatable bonds is 2. The van der Waals surface area contributed by atoms with Gasteiger partial charge in [-0.25, -0.2) is 4.39 Å². The number of hydrogen-bond acceptors (Lipinski definition) is 4. The third kappa shape index (κ3) is 2.39. The van der Waals surface area contributed by atoms with Gasteiger partial charge in [-0.2, -0.15) is 0 Å². The molecule has 106 valence electrons. The number of ether oxygens (including phenoxy) is 1. The van der Waals surface area contributed by atoms with Gasteiger partial charge in [0.15, 0.2) is 0 Å². The van der Waals surface area contributed by atoms with Crippen molar-refractivity contribution < 1.29 is 13.7 Å². The first-order valence-corrected chi connectivity index (χ1v) is 6.83. The van der Waals surface area contributed by atoms with Crippen LogP contribution < -0.4 is 5.73 Å². The number of nitrogens with zero attached hydrogens (tertiary/aromatic N) is 1. The van der Waals surface area contributed by atoms with Crippen molar-refractivity contribution in [2.75, 3.05) is 18.9 Å². The Balaban J connectivity index is 2.06. The lowest BCUT2D eigenvalue weighted by molar-refractivity contribution is 0.0785. The molecule has 0 bridgehead atoms. The Bertz CT molecular complexity index is 624. The molecule has 2 aromatic rings. The summed E-state index contributed by atoms with van der Waals surface area (Å²) in [5, 5.41) is 4.34. The smallest absolute Gasteiger partial charge is 0.230 e. The van der Waals surface area contributed by atoms with E-state index in [1.165, 1.54) is 12.1 Å². The van der Waals surface area contributed by atoms with Gasteiger partial charge in [-0.3, -0.25) is 0 Å². The van der Waals surface area contributed by atoms with Crippen molar-refractivity contribution in [1.29, 1.82) is 0 Å². The van der Waals surface area contributed by atoms with Crippen LogP contribution in [0.5, 0.6) is 0 Å². The number of hydrogen-bond donors (Lipinski definition) is 1. The molecular weight excluding hydrogens is 283 g/mol. The zero-order chi connectivity index (χ0) is 14.1. The lowest BCUT2D eigenvalue weighted by Gasteiger charge is -2.21. The van der Waals surface area contributed by atoms with Gasteiger partial charge in [-0.15, -0.1) is 0 Å². The van der Waals surface area contributed by atoms with Crippen LogP contribution in [0.3, 0.4) is 0 Å². The zero-order valence-corrected chi connectivity index (χ0v) is 11.5. The Morgan fingerprint density at radius 2 is 2.25 bits per heavy atom. The van der Waals surface area contributed by atoms with Crippen LogP contribution in [-0.4, -0.2) is 18.4 Å². The number of nitrogen functional groups attached to an aromatic ring is 1. The number of benzene rings is 1. The van der Waals surface area contributed by atoms with Crippen molar-refractivity contribution in [1.82, 2.24) is 5.16 Å². The summed E-state index contributed by atoms with van der Waals surface area (Å²) in [6.07, 6.45) is 1.92. The highest BCUT2D eigenvalue weighted by Crippen LogP contribution is 2.40. The van der Waals surface area contributed by atoms with Crippen LogP contribution in [0.25, 0.3) is 11.1 Å². The predicted molar refractivity (Wildman–Crippen MR) is 74.1 cm³/mol. The normalized spacial score (nSPS) is 19.2. The average molecular weight is 297 g/mol. The van der Waals surface area contributed by atoms with Gasteiger partial charge in [0, 0.05) is 18.1 Å². The summed E-state index contributed by atoms with van der Waals surface area (Å²) in [5.74, 6) is -0.0728. The van der Waals surface area contributed by atoms with E-state index in [2.05, 4.69) is 5.16 Å². The Morgan fingerprint density at radius 1 is 1.40 bits per heavy atom. The van der Waals surface area contributed by atoms with E-state index in [1.807, 2.05) is 0 Å². The predicted octanol–water partition coefficient (Wildman–Crippen LogP) is 3.61. The third-order valence-electron chi connectivity index (χ3n) is 3.49. The molecule has 1 fully saturated rings. The summed E-state index contributed by atoms with van der Waals surface area (Å²) in [7, 11) is 0. The van der Waals surface area contributed by atoms with Crippen LogP contribution in [0.2, 0.25) is 5.02 Å². The van der Waals surface area contributed by atoms with E-state index in [0.29, 0.717) is 17.7 Å². The maximum Gasteiger partial charge on any atom is 0.230 e. The molecule has 2 heterocycles. The zero-order valence-electron chi connectivity index (χ0n) is 10.7. The topological polar surface area (TPSA) is 61.3 Å². The van der Waals surface area contributed by atoms with Crippen LogP contribution >= 0.6 is 11.6 Å². The molecule has 1 aliphatic rings. The number of aromatic nitrogens is 1. The third-order valence-corrected chi connectivity index (χ3v) is 3.81. The van der Waals surface area contributed by atoms with E-state index >= 15 is 0 Å². The lowest BCUT2D eigenvalue weighted by atomic mass is 9.92. The van der Waals surface area contributed by atoms with Gasteiger partial charge < -0.3 is 15.0 Å². The van der Waals surface area contributed by atoms with Gasteiger partial charge in [0.2, 0.25) is 5.88 Å². The van der Waals surface area contributed by atoms with Crippen molar-refractivity contribution in [2.45, 2.75) is 18.8 Å². The maximum absolute atomic E-state index is 13.2. The fraction of sp³-hybridized carbons (Fsp3) is 0.357. The minimum atomic E-state index is -0.392. The molecule has 2 N–H and O–H groups in total. The minimum Gasteiger partial charge on any atom is -0.381 e. The Morgan fingerprint density at radius 3 is 2.95 bits per heavy atom. The molecule has 20 heavy (non-hydrogen) atoms. The van der Waals surface area contributed by atoms with Gasteiger partial charge in [0.05, 0.1) is 22.9 Å². The molecule has 1 unspecified atom stereocenters. The summed E-state index contributed by atoms with van der Waals surface area (Å²) < 4.78 is 23.7. The molecule has 1 aliphatic heterocycles. The molecule has 3 rings (SSSR count). The second-order valence-corrected chi connectivity index (χ2v) is 5.25. The molecular formula is C14H14ClFN2O2. The first-order valence-electron chi connectivity index (χ1n) is 6.45. The van der Waals surface area contributed by atoms with Gasteiger partial charge >= 0.3 is 0 Å². The molecule has 1 atom stereocenters. The van der Waals surface area contributed by atoms with Crippen molar-refractivity contribution in [3.05, 3.63) is 34.7 Å². The second kappa shape index (κ2) is 5.42. The lowest BCUT2D eigenvalue weighted by Crippen LogP contribution is -2.16. The van der Waals surface area contributed by atoms with Gasteiger partial charge in [0.1, 0.15) is 5.82 Å². The monoisotopic (exact) mass is 296 g/mol. The SMILES string of the molecule is Nc1onc(C2CCCOC2)c1-c1ccc(F)cc1Cl. The van der Waals surface area contributed by atoms with Crippen LogP contribution in [0.1, 0.15) is 24.5 Å². The standard InChI is InChI=1S/C14H14ClFN2O2/c15-11-6-9(16)3-4-10(11)12-13(18-20-14(12)17)8-2-1-5-19-7-8/h3-4,6,8H,1-2,5,7,17H2. The molecule has 0 radical (unpaired) electrons. The van der Waals surface area contributed by atoms with Crippen LogP contribution in [0.4, 0.5) is 10.3 Å². The molecule has 0 amide bonds. The van der Waals surface area contributed by atoms with E-state index in [9.17, 15) is 4.39 Å². The first-order chi connectivity index (χ1) is 9.66. The highest BCUT2D eigenvalue weighted by Gasteiger charge is 2.26. The Hall–Kier alpha value is -1.59. The number of nitrogens with two attached hydrogens (primary N) is 1. The maximum atomic E-state index is 13.2. The van der Waals surface area contributed by atoms with E-state index in [4.69, 9.17) is 26.6 Å². The van der Waals surface area contributed by atoms with Crippen molar-refractivity contribution >= 4 is 17.5 Å². The fourth-order valence-electron chi connectivity index (χ4n) is 2.51. The Labute approximate surface area is 120 Å². The largest absolute Gasteiger partial charge is 0.381 e. The average Bonchev–Trinajstić information content (AvgIpc) is 2.82. The summed E-state index contributed by atoms with van der Waals surface area (Å²) in [6.45, 7) is 1.34. The van der Waals surface area contributed by atoms with Crippen molar-refractivity contribution in [2.24, 2.45) is 0 Å². The van der Waals surface area contributed by atoms with Crippen LogP contribution in [-0.2, 0) is 4.74 Å². The van der Waals surface area contributed by atoms with Crippen LogP contribution in [0, 0.1) is 5.82 Å². The van der Waals surface area contributed by atoms with Gasteiger partial charge in [-0.1, -0.05) is 16.8 Å². The molecule has 0 spiro atoms.